The zero-order chi connectivity index (χ0) is 36.4. The van der Waals surface area contributed by atoms with Gasteiger partial charge in [-0.25, -0.2) is 9.36 Å². The smallest absolute Gasteiger partial charge is 0.472 e. The summed E-state index contributed by atoms with van der Waals surface area (Å²) in [7, 11) is -4.74. The van der Waals surface area contributed by atoms with Crippen LogP contribution in [0.1, 0.15) is 174 Å². The number of rotatable bonds is 36. The molecule has 0 aromatic heterocycles. The number of nitrogens with one attached hydrogen (secondary N) is 1. The van der Waals surface area contributed by atoms with Gasteiger partial charge in [-0.3, -0.25) is 18.6 Å². The van der Waals surface area contributed by atoms with E-state index >= 15 is 0 Å². The van der Waals surface area contributed by atoms with Crippen LogP contribution in [-0.2, 0) is 32.7 Å². The molecule has 0 aliphatic carbocycles. The van der Waals surface area contributed by atoms with Gasteiger partial charge in [0.25, 0.3) is 0 Å². The summed E-state index contributed by atoms with van der Waals surface area (Å²) in [5, 5.41) is 21.7. The first-order chi connectivity index (χ1) is 23.6. The Balaban J connectivity index is 3.92. The number of carbonyl (C=O) groups excluding carboxylic acids is 2. The molecule has 0 bridgehead atoms. The average molecular weight is 720 g/mol. The van der Waals surface area contributed by atoms with E-state index in [1.165, 1.54) is 70.6 Å². The van der Waals surface area contributed by atoms with E-state index in [0.717, 1.165) is 64.2 Å². The van der Waals surface area contributed by atoms with Crippen LogP contribution in [0.5, 0.6) is 0 Å². The molecule has 0 aromatic rings. The minimum absolute atomic E-state index is 0.137. The number of carboxylic acids is 1. The van der Waals surface area contributed by atoms with Crippen molar-refractivity contribution in [3.8, 4) is 0 Å². The molecular weight excluding hydrogens is 649 g/mol. The Morgan fingerprint density at radius 1 is 0.633 bits per heavy atom. The quantitative estimate of drug-likeness (QED) is 0.0212. The number of ether oxygens (including phenoxy) is 1. The number of phosphoric ester groups is 1. The number of hydrogen-bond donors (Lipinski definition) is 4. The third kappa shape index (κ3) is 33.1. The van der Waals surface area contributed by atoms with E-state index in [-0.39, 0.29) is 12.8 Å². The molecule has 0 radical (unpaired) electrons. The number of aliphatic hydroxyl groups excluding tert-OH is 1. The molecule has 12 heteroatoms. The number of aliphatic hydroxyl groups is 1. The van der Waals surface area contributed by atoms with E-state index in [9.17, 15) is 34.1 Å². The number of phosphoric acid groups is 1. The summed E-state index contributed by atoms with van der Waals surface area (Å²) in [6.45, 7) is 2.50. The molecule has 4 N–H and O–H groups in total. The lowest BCUT2D eigenvalue weighted by molar-refractivity contribution is -0.147. The molecule has 0 rings (SSSR count). The lowest BCUT2D eigenvalue weighted by Gasteiger charge is -2.18. The summed E-state index contributed by atoms with van der Waals surface area (Å²) in [5.41, 5.74) is 0. The van der Waals surface area contributed by atoms with Gasteiger partial charge in [-0.05, 0) is 32.1 Å². The second-order valence-corrected chi connectivity index (χ2v) is 14.6. The molecule has 0 heterocycles. The summed E-state index contributed by atoms with van der Waals surface area (Å²) in [5.74, 6) is -2.38. The first-order valence-corrected chi connectivity index (χ1v) is 20.7. The van der Waals surface area contributed by atoms with Crippen molar-refractivity contribution < 1.29 is 47.8 Å². The zero-order valence-corrected chi connectivity index (χ0v) is 31.6. The predicted molar refractivity (Wildman–Crippen MR) is 194 cm³/mol. The Hall–Kier alpha value is -1.78. The molecule has 0 saturated heterocycles. The summed E-state index contributed by atoms with van der Waals surface area (Å²) < 4.78 is 26.7. The van der Waals surface area contributed by atoms with E-state index < -0.39 is 57.6 Å². The van der Waals surface area contributed by atoms with Crippen molar-refractivity contribution >= 4 is 25.7 Å². The monoisotopic (exact) mass is 719 g/mol. The Kier molecular flexibility index (Phi) is 32.2. The lowest BCUT2D eigenvalue weighted by Crippen LogP contribution is -2.43. The molecule has 0 aliphatic heterocycles. The highest BCUT2D eigenvalue weighted by molar-refractivity contribution is 7.47. The van der Waals surface area contributed by atoms with E-state index in [0.29, 0.717) is 12.8 Å². The number of aliphatic carboxylic acids is 1. The number of hydrogen-bond acceptors (Lipinski definition) is 8. The molecule has 0 saturated carbocycles. The number of amides is 1. The molecule has 0 spiro atoms. The van der Waals surface area contributed by atoms with E-state index in [4.69, 9.17) is 13.8 Å². The van der Waals surface area contributed by atoms with Crippen molar-refractivity contribution in [3.05, 3.63) is 12.2 Å². The van der Waals surface area contributed by atoms with Crippen molar-refractivity contribution in [3.63, 3.8) is 0 Å². The van der Waals surface area contributed by atoms with Gasteiger partial charge in [0.2, 0.25) is 5.91 Å². The number of unbranched alkanes of at least 4 members (excludes halogenated alkanes) is 20. The zero-order valence-electron chi connectivity index (χ0n) is 30.8. The maximum Gasteiger partial charge on any atom is 0.472 e. The van der Waals surface area contributed by atoms with Gasteiger partial charge >= 0.3 is 19.8 Å². The molecule has 0 aliphatic rings. The number of carbonyl (C=O) groups is 3. The number of allylic oxidation sites excluding steroid dienone is 2. The van der Waals surface area contributed by atoms with Crippen molar-refractivity contribution in [2.75, 3.05) is 19.8 Å². The molecule has 3 atom stereocenters. The van der Waals surface area contributed by atoms with Crippen molar-refractivity contribution in [2.45, 2.75) is 187 Å². The second-order valence-electron chi connectivity index (χ2n) is 13.1. The Morgan fingerprint density at radius 2 is 1.10 bits per heavy atom. The van der Waals surface area contributed by atoms with Crippen LogP contribution < -0.4 is 5.32 Å². The maximum absolute atomic E-state index is 12.2. The minimum atomic E-state index is -4.74. The van der Waals surface area contributed by atoms with Gasteiger partial charge in [0.15, 0.2) is 6.04 Å². The van der Waals surface area contributed by atoms with Crippen LogP contribution in [0.25, 0.3) is 0 Å². The lowest BCUT2D eigenvalue weighted by atomic mass is 10.0. The van der Waals surface area contributed by atoms with Crippen molar-refractivity contribution in [1.82, 2.24) is 5.32 Å². The average Bonchev–Trinajstić information content (AvgIpc) is 3.07. The van der Waals surface area contributed by atoms with Crippen LogP contribution in [0.2, 0.25) is 0 Å². The molecule has 1 amide bonds. The van der Waals surface area contributed by atoms with E-state index in [1.807, 2.05) is 0 Å². The van der Waals surface area contributed by atoms with Gasteiger partial charge in [-0.15, -0.1) is 0 Å². The second kappa shape index (κ2) is 33.4. The van der Waals surface area contributed by atoms with Crippen LogP contribution in [0, 0.1) is 0 Å². The van der Waals surface area contributed by atoms with Gasteiger partial charge in [0.05, 0.1) is 13.2 Å². The largest absolute Gasteiger partial charge is 0.480 e. The standard InChI is InChI=1S/C37H70NO10P/c1-3-5-7-9-11-13-15-16-17-18-19-21-23-25-27-29-36(41)46-30-33(39)31-47-49(44,45)48-32-34(37(42)43)38-35(40)28-26-24-22-20-14-12-10-8-6-4-2/h8,10,33-34,39H,3-7,9,11-32H2,1-2H3,(H,38,40)(H,42,43)(H,44,45)/b10-8-. The fraction of sp³-hybridized carbons (Fsp3) is 0.865. The molecule has 49 heavy (non-hydrogen) atoms. The Labute approximate surface area is 296 Å². The summed E-state index contributed by atoms with van der Waals surface area (Å²) >= 11 is 0. The van der Waals surface area contributed by atoms with Crippen LogP contribution in [-0.4, -0.2) is 64.9 Å². The Morgan fingerprint density at radius 3 is 1.63 bits per heavy atom. The van der Waals surface area contributed by atoms with Crippen LogP contribution >= 0.6 is 7.82 Å². The molecule has 288 valence electrons. The molecular formula is C37H70NO10P. The normalized spacial score (nSPS) is 14.0. The van der Waals surface area contributed by atoms with E-state index in [2.05, 4.69) is 31.3 Å². The summed E-state index contributed by atoms with van der Waals surface area (Å²) in [4.78, 5) is 45.6. The predicted octanol–water partition coefficient (Wildman–Crippen LogP) is 8.94. The molecule has 3 unspecified atom stereocenters. The van der Waals surface area contributed by atoms with Gasteiger partial charge in [-0.1, -0.05) is 142 Å². The third-order valence-corrected chi connectivity index (χ3v) is 9.24. The fourth-order valence-corrected chi connectivity index (χ4v) is 6.03. The SMILES string of the molecule is CCC/C=C\CCCCCCCC(=O)NC(COP(=O)(O)OCC(O)COC(=O)CCCCCCCCCCCCCCCCC)C(=O)O. The highest BCUT2D eigenvalue weighted by Crippen LogP contribution is 2.43. The van der Waals surface area contributed by atoms with Crippen molar-refractivity contribution in [1.29, 1.82) is 0 Å². The topological polar surface area (TPSA) is 169 Å². The highest BCUT2D eigenvalue weighted by Gasteiger charge is 2.28. The number of carboxylic acid groups (broad SMARTS) is 1. The van der Waals surface area contributed by atoms with Gasteiger partial charge in [-0.2, -0.15) is 0 Å². The highest BCUT2D eigenvalue weighted by atomic mass is 31.2. The fourth-order valence-electron chi connectivity index (χ4n) is 5.26. The summed E-state index contributed by atoms with van der Waals surface area (Å²) in [6.07, 6.45) is 29.7. The first-order valence-electron chi connectivity index (χ1n) is 19.2. The minimum Gasteiger partial charge on any atom is -0.480 e. The molecule has 0 aromatic carbocycles. The maximum atomic E-state index is 12.2. The van der Waals surface area contributed by atoms with Gasteiger partial charge in [0, 0.05) is 12.8 Å². The first kappa shape index (κ1) is 47.2. The van der Waals surface area contributed by atoms with Gasteiger partial charge < -0.3 is 25.2 Å². The van der Waals surface area contributed by atoms with Gasteiger partial charge in [0.1, 0.15) is 12.7 Å². The third-order valence-electron chi connectivity index (χ3n) is 8.29. The van der Waals surface area contributed by atoms with Crippen LogP contribution in [0.4, 0.5) is 0 Å². The molecule has 0 fully saturated rings. The van der Waals surface area contributed by atoms with Crippen molar-refractivity contribution in [2.24, 2.45) is 0 Å². The Bertz CT molecular complexity index is 900. The number of esters is 1. The van der Waals surface area contributed by atoms with Crippen LogP contribution in [0.3, 0.4) is 0 Å². The van der Waals surface area contributed by atoms with Crippen LogP contribution in [0.15, 0.2) is 12.2 Å². The summed E-state index contributed by atoms with van der Waals surface area (Å²) in [6, 6.07) is -1.54. The molecule has 11 nitrogen and oxygen atoms in total. The van der Waals surface area contributed by atoms with E-state index in [1.54, 1.807) is 0 Å².